The van der Waals surface area contributed by atoms with E-state index in [0.717, 1.165) is 33.3 Å². The molecule has 39 heavy (non-hydrogen) atoms. The van der Waals surface area contributed by atoms with E-state index in [0.29, 0.717) is 42.5 Å². The third-order valence-electron chi connectivity index (χ3n) is 7.30. The first-order valence-electron chi connectivity index (χ1n) is 12.9. The number of piperidine rings is 1. The van der Waals surface area contributed by atoms with Gasteiger partial charge in [0.15, 0.2) is 0 Å². The number of carboxylic acid groups (broad SMARTS) is 1. The average molecular weight is 566 g/mol. The van der Waals surface area contributed by atoms with Crippen molar-refractivity contribution in [3.63, 3.8) is 0 Å². The van der Waals surface area contributed by atoms with Crippen molar-refractivity contribution < 1.29 is 19.4 Å². The van der Waals surface area contributed by atoms with Crippen LogP contribution in [0.4, 0.5) is 4.79 Å². The Bertz CT molecular complexity index is 1430. The SMILES string of the molecule is CC(=O)OCCn1nc(C2CCN(C(=O)O)CC2)c2cc(C(c3ccc(Cl)cc3)c3ccc(Cl)cc3)ccc21. The molecule has 1 aliphatic heterocycles. The molecule has 5 rings (SSSR count). The first-order chi connectivity index (χ1) is 18.8. The van der Waals surface area contributed by atoms with E-state index in [2.05, 4.69) is 18.2 Å². The number of nitrogens with zero attached hydrogens (tertiary/aromatic N) is 3. The Balaban J connectivity index is 1.59. The molecule has 1 fully saturated rings. The zero-order valence-electron chi connectivity index (χ0n) is 21.5. The van der Waals surface area contributed by atoms with E-state index in [1.165, 1.54) is 11.8 Å². The fourth-order valence-corrected chi connectivity index (χ4v) is 5.63. The number of ether oxygens (including phenoxy) is 1. The number of amides is 1. The fourth-order valence-electron chi connectivity index (χ4n) is 5.38. The summed E-state index contributed by atoms with van der Waals surface area (Å²) >= 11 is 12.4. The van der Waals surface area contributed by atoms with Gasteiger partial charge in [-0.3, -0.25) is 9.48 Å². The molecule has 0 saturated carbocycles. The molecule has 0 atom stereocenters. The monoisotopic (exact) mass is 565 g/mol. The number of rotatable bonds is 7. The van der Waals surface area contributed by atoms with Gasteiger partial charge >= 0.3 is 12.1 Å². The molecular weight excluding hydrogens is 537 g/mol. The van der Waals surface area contributed by atoms with Crippen LogP contribution in [0.25, 0.3) is 10.9 Å². The summed E-state index contributed by atoms with van der Waals surface area (Å²) in [7, 11) is 0. The van der Waals surface area contributed by atoms with Crippen molar-refractivity contribution >= 4 is 46.2 Å². The summed E-state index contributed by atoms with van der Waals surface area (Å²) in [4.78, 5) is 24.3. The molecule has 7 nitrogen and oxygen atoms in total. The summed E-state index contributed by atoms with van der Waals surface area (Å²) in [5.41, 5.74) is 5.19. The van der Waals surface area contributed by atoms with E-state index >= 15 is 0 Å². The summed E-state index contributed by atoms with van der Waals surface area (Å²) in [5.74, 6) is -0.267. The van der Waals surface area contributed by atoms with E-state index in [1.54, 1.807) is 0 Å². The summed E-state index contributed by atoms with van der Waals surface area (Å²) in [6, 6.07) is 22.1. The molecule has 0 spiro atoms. The minimum atomic E-state index is -0.888. The minimum absolute atomic E-state index is 0.0602. The number of likely N-dealkylation sites (tertiary alicyclic amines) is 1. The highest BCUT2D eigenvalue weighted by Gasteiger charge is 2.28. The quantitative estimate of drug-likeness (QED) is 0.194. The molecule has 0 bridgehead atoms. The predicted molar refractivity (Wildman–Crippen MR) is 152 cm³/mol. The van der Waals surface area contributed by atoms with Crippen LogP contribution in [-0.2, 0) is 16.1 Å². The number of aromatic nitrogens is 2. The van der Waals surface area contributed by atoms with Gasteiger partial charge in [-0.2, -0.15) is 5.10 Å². The standard InChI is InChI=1S/C30H29Cl2N3O4/c1-19(36)39-17-16-35-27-11-6-23(18-26(27)29(33-35)22-12-14-34(15-13-22)30(37)38)28(20-2-7-24(31)8-3-20)21-4-9-25(32)10-5-21/h2-11,18,22,28H,12-17H2,1H3,(H,37,38). The molecule has 9 heteroatoms. The highest BCUT2D eigenvalue weighted by molar-refractivity contribution is 6.30. The van der Waals surface area contributed by atoms with Gasteiger partial charge in [-0.25, -0.2) is 4.79 Å². The highest BCUT2D eigenvalue weighted by Crippen LogP contribution is 2.38. The van der Waals surface area contributed by atoms with Crippen LogP contribution in [0.5, 0.6) is 0 Å². The third kappa shape index (κ3) is 6.05. The number of esters is 1. The second-order valence-electron chi connectivity index (χ2n) is 9.81. The number of benzene rings is 3. The number of carbonyl (C=O) groups is 2. The summed E-state index contributed by atoms with van der Waals surface area (Å²) in [6.45, 7) is 2.99. The van der Waals surface area contributed by atoms with Crippen molar-refractivity contribution in [2.24, 2.45) is 0 Å². The second-order valence-corrected chi connectivity index (χ2v) is 10.7. The molecule has 0 unspecified atom stereocenters. The summed E-state index contributed by atoms with van der Waals surface area (Å²) in [5, 5.41) is 16.8. The van der Waals surface area contributed by atoms with E-state index in [-0.39, 0.29) is 24.4 Å². The molecule has 1 aliphatic rings. The van der Waals surface area contributed by atoms with Crippen LogP contribution in [0.3, 0.4) is 0 Å². The van der Waals surface area contributed by atoms with Crippen LogP contribution < -0.4 is 0 Å². The van der Waals surface area contributed by atoms with E-state index < -0.39 is 6.09 Å². The maximum Gasteiger partial charge on any atom is 0.407 e. The van der Waals surface area contributed by atoms with Crippen molar-refractivity contribution in [2.75, 3.05) is 19.7 Å². The number of hydrogen-bond acceptors (Lipinski definition) is 4. The van der Waals surface area contributed by atoms with E-state index in [9.17, 15) is 14.7 Å². The Kier molecular flexibility index (Phi) is 8.10. The molecule has 1 amide bonds. The highest BCUT2D eigenvalue weighted by atomic mass is 35.5. The van der Waals surface area contributed by atoms with E-state index in [1.807, 2.05) is 53.2 Å². The Morgan fingerprint density at radius 2 is 1.51 bits per heavy atom. The molecule has 0 aliphatic carbocycles. The second kappa shape index (κ2) is 11.7. The molecule has 1 N–H and O–H groups in total. The van der Waals surface area contributed by atoms with Crippen LogP contribution in [0, 0.1) is 0 Å². The van der Waals surface area contributed by atoms with Gasteiger partial charge < -0.3 is 14.7 Å². The first-order valence-corrected chi connectivity index (χ1v) is 13.7. The third-order valence-corrected chi connectivity index (χ3v) is 7.81. The zero-order valence-corrected chi connectivity index (χ0v) is 23.0. The average Bonchev–Trinajstić information content (AvgIpc) is 3.28. The van der Waals surface area contributed by atoms with Crippen molar-refractivity contribution in [1.82, 2.24) is 14.7 Å². The molecule has 0 radical (unpaired) electrons. The zero-order chi connectivity index (χ0) is 27.5. The topological polar surface area (TPSA) is 84.7 Å². The summed E-state index contributed by atoms with van der Waals surface area (Å²) in [6.07, 6.45) is 0.510. The van der Waals surface area contributed by atoms with E-state index in [4.69, 9.17) is 33.0 Å². The van der Waals surface area contributed by atoms with Crippen molar-refractivity contribution in [3.05, 3.63) is 99.2 Å². The van der Waals surface area contributed by atoms with Crippen LogP contribution in [0.15, 0.2) is 66.7 Å². The lowest BCUT2D eigenvalue weighted by atomic mass is 9.84. The van der Waals surface area contributed by atoms with Crippen molar-refractivity contribution in [3.8, 4) is 0 Å². The Labute approximate surface area is 236 Å². The van der Waals surface area contributed by atoms with Crippen molar-refractivity contribution in [2.45, 2.75) is 38.1 Å². The van der Waals surface area contributed by atoms with Gasteiger partial charge in [-0.05, 0) is 65.9 Å². The van der Waals surface area contributed by atoms with Gasteiger partial charge in [0.1, 0.15) is 6.61 Å². The molecule has 4 aromatic rings. The smallest absolute Gasteiger partial charge is 0.407 e. The molecule has 1 saturated heterocycles. The minimum Gasteiger partial charge on any atom is -0.465 e. The lowest BCUT2D eigenvalue weighted by Gasteiger charge is -2.29. The largest absolute Gasteiger partial charge is 0.465 e. The maximum absolute atomic E-state index is 11.5. The van der Waals surface area contributed by atoms with Crippen LogP contribution in [0.1, 0.15) is 54.0 Å². The van der Waals surface area contributed by atoms with Crippen LogP contribution >= 0.6 is 23.2 Å². The van der Waals surface area contributed by atoms with Crippen LogP contribution in [-0.4, -0.2) is 51.5 Å². The predicted octanol–water partition coefficient (Wildman–Crippen LogP) is 6.94. The molecule has 1 aromatic heterocycles. The molecule has 202 valence electrons. The number of hydrogen-bond donors (Lipinski definition) is 1. The normalized spacial score (nSPS) is 14.2. The Morgan fingerprint density at radius 3 is 2.05 bits per heavy atom. The lowest BCUT2D eigenvalue weighted by molar-refractivity contribution is -0.141. The van der Waals surface area contributed by atoms with Gasteiger partial charge in [0.05, 0.1) is 17.8 Å². The maximum atomic E-state index is 11.5. The van der Waals surface area contributed by atoms with Gasteiger partial charge in [-0.1, -0.05) is 53.5 Å². The molecule has 2 heterocycles. The lowest BCUT2D eigenvalue weighted by Crippen LogP contribution is -2.36. The van der Waals surface area contributed by atoms with Crippen molar-refractivity contribution in [1.29, 1.82) is 0 Å². The Morgan fingerprint density at radius 1 is 0.949 bits per heavy atom. The molecule has 3 aromatic carbocycles. The number of carbonyl (C=O) groups excluding carboxylic acids is 1. The van der Waals surface area contributed by atoms with Gasteiger partial charge in [0.2, 0.25) is 0 Å². The number of halogens is 2. The van der Waals surface area contributed by atoms with Gasteiger partial charge in [0, 0.05) is 47.3 Å². The van der Waals surface area contributed by atoms with Crippen LogP contribution in [0.2, 0.25) is 10.0 Å². The number of fused-ring (bicyclic) bond motifs is 1. The Hall–Kier alpha value is -3.55. The first kappa shape index (κ1) is 27.0. The molecular formula is C30H29Cl2N3O4. The summed E-state index contributed by atoms with van der Waals surface area (Å²) < 4.78 is 7.08. The van der Waals surface area contributed by atoms with Gasteiger partial charge in [-0.15, -0.1) is 0 Å². The fraction of sp³-hybridized carbons (Fsp3) is 0.300. The van der Waals surface area contributed by atoms with Gasteiger partial charge in [0.25, 0.3) is 0 Å².